The number of benzene rings is 2. The van der Waals surface area contributed by atoms with Gasteiger partial charge in [0.1, 0.15) is 6.07 Å². The number of aromatic nitrogens is 3. The van der Waals surface area contributed by atoms with Gasteiger partial charge in [-0.1, -0.05) is 49.4 Å². The quantitative estimate of drug-likeness (QED) is 0.724. The maximum absolute atomic E-state index is 9.38. The largest absolute Gasteiger partial charge is 0.351 e. The fourth-order valence-corrected chi connectivity index (χ4v) is 2.54. The summed E-state index contributed by atoms with van der Waals surface area (Å²) in [5, 5.41) is 18.2. The molecule has 0 aliphatic carbocycles. The number of rotatable bonds is 5. The number of nitriles is 1. The standard InChI is InChI=1S/C19H19N5/c1-3-15-9-11-17(12-10-15)24-21-18(13-20)19(22-24)23(2)14-16-7-5-4-6-8-16/h4-12H,3,14H2,1-2H3. The van der Waals surface area contributed by atoms with E-state index < -0.39 is 0 Å². The van der Waals surface area contributed by atoms with Gasteiger partial charge in [0.05, 0.1) is 5.69 Å². The summed E-state index contributed by atoms with van der Waals surface area (Å²) in [4.78, 5) is 3.46. The third-order valence-electron chi connectivity index (χ3n) is 3.90. The zero-order valence-electron chi connectivity index (χ0n) is 13.8. The zero-order chi connectivity index (χ0) is 16.9. The van der Waals surface area contributed by atoms with Crippen molar-refractivity contribution in [3.63, 3.8) is 0 Å². The van der Waals surface area contributed by atoms with Gasteiger partial charge in [0.2, 0.25) is 5.69 Å². The van der Waals surface area contributed by atoms with Gasteiger partial charge in [-0.25, -0.2) is 0 Å². The Morgan fingerprint density at radius 2 is 1.71 bits per heavy atom. The highest BCUT2D eigenvalue weighted by molar-refractivity contribution is 5.50. The fourth-order valence-electron chi connectivity index (χ4n) is 2.54. The van der Waals surface area contributed by atoms with E-state index in [-0.39, 0.29) is 0 Å². The van der Waals surface area contributed by atoms with Crippen LogP contribution >= 0.6 is 0 Å². The highest BCUT2D eigenvalue weighted by atomic mass is 15.5. The van der Waals surface area contributed by atoms with Crippen LogP contribution in [0.2, 0.25) is 0 Å². The fraction of sp³-hybridized carbons (Fsp3) is 0.211. The van der Waals surface area contributed by atoms with Gasteiger partial charge in [0, 0.05) is 13.6 Å². The molecule has 0 unspecified atom stereocenters. The summed E-state index contributed by atoms with van der Waals surface area (Å²) in [6.45, 7) is 2.79. The van der Waals surface area contributed by atoms with Crippen molar-refractivity contribution in [3.05, 3.63) is 71.4 Å². The summed E-state index contributed by atoms with van der Waals surface area (Å²) >= 11 is 0. The first-order chi connectivity index (χ1) is 11.7. The van der Waals surface area contributed by atoms with E-state index in [9.17, 15) is 5.26 Å². The molecular weight excluding hydrogens is 298 g/mol. The molecule has 0 saturated heterocycles. The summed E-state index contributed by atoms with van der Waals surface area (Å²) in [5.74, 6) is 0.584. The summed E-state index contributed by atoms with van der Waals surface area (Å²) in [5.41, 5.74) is 3.59. The molecular formula is C19H19N5. The second kappa shape index (κ2) is 6.97. The van der Waals surface area contributed by atoms with Gasteiger partial charge in [-0.2, -0.15) is 5.26 Å². The zero-order valence-corrected chi connectivity index (χ0v) is 13.8. The lowest BCUT2D eigenvalue weighted by Crippen LogP contribution is -2.18. The molecule has 0 atom stereocenters. The lowest BCUT2D eigenvalue weighted by molar-refractivity contribution is 0.741. The van der Waals surface area contributed by atoms with Crippen LogP contribution in [0.15, 0.2) is 54.6 Å². The van der Waals surface area contributed by atoms with Crippen molar-refractivity contribution in [2.24, 2.45) is 0 Å². The second-order valence-electron chi connectivity index (χ2n) is 5.64. The van der Waals surface area contributed by atoms with Gasteiger partial charge < -0.3 is 4.90 Å². The van der Waals surface area contributed by atoms with Gasteiger partial charge in [-0.15, -0.1) is 15.0 Å². The molecule has 1 aromatic heterocycles. The number of anilines is 1. The highest BCUT2D eigenvalue weighted by Gasteiger charge is 2.16. The van der Waals surface area contributed by atoms with Crippen LogP contribution in [-0.4, -0.2) is 22.0 Å². The van der Waals surface area contributed by atoms with Gasteiger partial charge >= 0.3 is 0 Å². The molecule has 1 heterocycles. The third kappa shape index (κ3) is 3.28. The first kappa shape index (κ1) is 15.8. The predicted molar refractivity (Wildman–Crippen MR) is 94.0 cm³/mol. The maximum atomic E-state index is 9.38. The summed E-state index contributed by atoms with van der Waals surface area (Å²) in [6, 6.07) is 20.3. The maximum Gasteiger partial charge on any atom is 0.207 e. The molecule has 0 fully saturated rings. The van der Waals surface area contributed by atoms with E-state index >= 15 is 0 Å². The van der Waals surface area contributed by atoms with Crippen LogP contribution in [-0.2, 0) is 13.0 Å². The minimum atomic E-state index is 0.327. The second-order valence-corrected chi connectivity index (χ2v) is 5.64. The van der Waals surface area contributed by atoms with E-state index in [0.717, 1.165) is 17.7 Å². The average Bonchev–Trinajstić information content (AvgIpc) is 3.07. The summed E-state index contributed by atoms with van der Waals surface area (Å²) in [7, 11) is 1.92. The molecule has 2 aromatic carbocycles. The van der Waals surface area contributed by atoms with Crippen LogP contribution in [0.4, 0.5) is 5.82 Å². The van der Waals surface area contributed by atoms with Crippen molar-refractivity contribution in [1.82, 2.24) is 15.0 Å². The van der Waals surface area contributed by atoms with E-state index in [0.29, 0.717) is 18.1 Å². The van der Waals surface area contributed by atoms with Gasteiger partial charge in [-0.05, 0) is 29.7 Å². The molecule has 5 heteroatoms. The molecule has 0 bridgehead atoms. The van der Waals surface area contributed by atoms with Crippen LogP contribution in [0.25, 0.3) is 5.69 Å². The third-order valence-corrected chi connectivity index (χ3v) is 3.90. The molecule has 5 nitrogen and oxygen atoms in total. The molecule has 0 spiro atoms. The molecule has 0 aliphatic heterocycles. The average molecular weight is 317 g/mol. The van der Waals surface area contributed by atoms with E-state index in [1.165, 1.54) is 10.4 Å². The minimum absolute atomic E-state index is 0.327. The molecule has 3 rings (SSSR count). The van der Waals surface area contributed by atoms with Crippen molar-refractivity contribution in [1.29, 1.82) is 5.26 Å². The Balaban J connectivity index is 1.88. The Kier molecular flexibility index (Phi) is 4.57. The molecule has 0 amide bonds. The number of hydrogen-bond donors (Lipinski definition) is 0. The van der Waals surface area contributed by atoms with Gasteiger partial charge in [-0.3, -0.25) is 0 Å². The Morgan fingerprint density at radius 1 is 1.00 bits per heavy atom. The molecule has 0 radical (unpaired) electrons. The summed E-state index contributed by atoms with van der Waals surface area (Å²) in [6.07, 6.45) is 0.987. The molecule has 3 aromatic rings. The molecule has 0 N–H and O–H groups in total. The minimum Gasteiger partial charge on any atom is -0.351 e. The molecule has 120 valence electrons. The van der Waals surface area contributed by atoms with Crippen molar-refractivity contribution >= 4 is 5.82 Å². The lowest BCUT2D eigenvalue weighted by atomic mass is 10.2. The van der Waals surface area contributed by atoms with Crippen LogP contribution in [0, 0.1) is 11.3 Å². The van der Waals surface area contributed by atoms with E-state index in [2.05, 4.69) is 47.5 Å². The Bertz CT molecular complexity index is 844. The van der Waals surface area contributed by atoms with Gasteiger partial charge in [0.15, 0.2) is 5.82 Å². The first-order valence-corrected chi connectivity index (χ1v) is 7.93. The topological polar surface area (TPSA) is 57.7 Å². The Morgan fingerprint density at radius 3 is 2.33 bits per heavy atom. The molecule has 24 heavy (non-hydrogen) atoms. The highest BCUT2D eigenvalue weighted by Crippen LogP contribution is 2.18. The summed E-state index contributed by atoms with van der Waals surface area (Å²) < 4.78 is 0. The monoisotopic (exact) mass is 317 g/mol. The predicted octanol–water partition coefficient (Wildman–Crippen LogP) is 3.34. The van der Waals surface area contributed by atoms with Crippen LogP contribution in [0.3, 0.4) is 0 Å². The lowest BCUT2D eigenvalue weighted by Gasteiger charge is -2.15. The van der Waals surface area contributed by atoms with Crippen molar-refractivity contribution < 1.29 is 0 Å². The molecule has 0 saturated carbocycles. The smallest absolute Gasteiger partial charge is 0.207 e. The van der Waals surface area contributed by atoms with E-state index in [4.69, 9.17) is 0 Å². The van der Waals surface area contributed by atoms with Gasteiger partial charge in [0.25, 0.3) is 0 Å². The number of aryl methyl sites for hydroxylation is 1. The molecule has 0 aliphatic rings. The normalized spacial score (nSPS) is 10.4. The Hall–Kier alpha value is -3.13. The van der Waals surface area contributed by atoms with Crippen molar-refractivity contribution in [3.8, 4) is 11.8 Å². The van der Waals surface area contributed by atoms with Crippen molar-refractivity contribution in [2.45, 2.75) is 19.9 Å². The number of hydrogen-bond acceptors (Lipinski definition) is 4. The van der Waals surface area contributed by atoms with Crippen LogP contribution in [0.1, 0.15) is 23.7 Å². The van der Waals surface area contributed by atoms with Crippen LogP contribution < -0.4 is 4.90 Å². The first-order valence-electron chi connectivity index (χ1n) is 7.93. The van der Waals surface area contributed by atoms with E-state index in [1.807, 2.05) is 42.3 Å². The Labute approximate surface area is 141 Å². The van der Waals surface area contributed by atoms with E-state index in [1.54, 1.807) is 0 Å². The van der Waals surface area contributed by atoms with Crippen LogP contribution in [0.5, 0.6) is 0 Å². The van der Waals surface area contributed by atoms with Crippen molar-refractivity contribution in [2.75, 3.05) is 11.9 Å². The number of nitrogens with zero attached hydrogens (tertiary/aromatic N) is 5. The SMILES string of the molecule is CCc1ccc(-n2nc(C#N)c(N(C)Cc3ccccc3)n2)cc1.